The molecular formula is C15H21N5O2. The van der Waals surface area contributed by atoms with Gasteiger partial charge in [0, 0.05) is 31.7 Å². The molecule has 1 aliphatic rings. The molecule has 0 spiro atoms. The lowest BCUT2D eigenvalue weighted by atomic mass is 10.2. The lowest BCUT2D eigenvalue weighted by Gasteiger charge is -2.13. The summed E-state index contributed by atoms with van der Waals surface area (Å²) in [6.07, 6.45) is 4.60. The Morgan fingerprint density at radius 2 is 2.27 bits per heavy atom. The molecular weight excluding hydrogens is 282 g/mol. The lowest BCUT2D eigenvalue weighted by molar-refractivity contribution is 0.0788. The van der Waals surface area contributed by atoms with Crippen LogP contribution in [0.2, 0.25) is 0 Å². The zero-order valence-electron chi connectivity index (χ0n) is 12.9. The summed E-state index contributed by atoms with van der Waals surface area (Å²) in [5, 5.41) is 7.11. The van der Waals surface area contributed by atoms with Crippen LogP contribution in [0.15, 0.2) is 16.8 Å². The number of nitrogens with one attached hydrogen (secondary N) is 2. The third kappa shape index (κ3) is 3.04. The molecule has 22 heavy (non-hydrogen) atoms. The second-order valence-corrected chi connectivity index (χ2v) is 5.71. The number of hydrogen-bond donors (Lipinski definition) is 2. The molecule has 2 aromatic rings. The Bertz CT molecular complexity index is 642. The maximum absolute atomic E-state index is 12.3. The van der Waals surface area contributed by atoms with Crippen LogP contribution in [0.3, 0.4) is 0 Å². The summed E-state index contributed by atoms with van der Waals surface area (Å²) in [5.74, 6) is 1.13. The Kier molecular flexibility index (Phi) is 4.24. The Hall–Kier alpha value is -2.15. The molecule has 2 aromatic heterocycles. The van der Waals surface area contributed by atoms with Crippen LogP contribution >= 0.6 is 0 Å². The molecule has 1 atom stereocenters. The van der Waals surface area contributed by atoms with E-state index in [1.54, 1.807) is 12.3 Å². The van der Waals surface area contributed by atoms with Crippen LogP contribution in [0.5, 0.6) is 0 Å². The Morgan fingerprint density at radius 3 is 3.00 bits per heavy atom. The zero-order chi connectivity index (χ0) is 15.5. The second kappa shape index (κ2) is 6.31. The van der Waals surface area contributed by atoms with Gasteiger partial charge in [-0.05, 0) is 32.9 Å². The predicted octanol–water partition coefficient (Wildman–Crippen LogP) is 1.45. The van der Waals surface area contributed by atoms with Crippen LogP contribution in [0.25, 0.3) is 11.5 Å². The second-order valence-electron chi connectivity index (χ2n) is 5.71. The van der Waals surface area contributed by atoms with Gasteiger partial charge in [0.05, 0.1) is 5.56 Å². The van der Waals surface area contributed by atoms with Crippen molar-refractivity contribution in [3.05, 3.63) is 23.8 Å². The molecule has 3 rings (SSSR count). The van der Waals surface area contributed by atoms with Crippen LogP contribution in [0, 0.1) is 0 Å². The number of nitrogens with zero attached hydrogens (tertiary/aromatic N) is 3. The molecule has 2 N–H and O–H groups in total. The van der Waals surface area contributed by atoms with Gasteiger partial charge in [-0.2, -0.15) is 4.98 Å². The molecule has 1 fully saturated rings. The Labute approximate surface area is 129 Å². The maximum atomic E-state index is 12.3. The van der Waals surface area contributed by atoms with E-state index in [1.165, 1.54) is 0 Å². The van der Waals surface area contributed by atoms with Crippen molar-refractivity contribution in [2.24, 2.45) is 0 Å². The number of likely N-dealkylation sites (N-methyl/N-ethyl adjacent to an activating group) is 1. The third-order valence-corrected chi connectivity index (χ3v) is 4.00. The summed E-state index contributed by atoms with van der Waals surface area (Å²) in [7, 11) is 1.90. The number of aromatic amines is 1. The minimum Gasteiger partial charge on any atom is -0.356 e. The Balaban J connectivity index is 1.72. The van der Waals surface area contributed by atoms with E-state index in [0.717, 1.165) is 31.5 Å². The van der Waals surface area contributed by atoms with E-state index in [4.69, 9.17) is 4.52 Å². The summed E-state index contributed by atoms with van der Waals surface area (Å²) in [6, 6.07) is 2.06. The third-order valence-electron chi connectivity index (χ3n) is 4.00. The van der Waals surface area contributed by atoms with Crippen LogP contribution < -0.4 is 5.32 Å². The van der Waals surface area contributed by atoms with Crippen molar-refractivity contribution in [1.82, 2.24) is 25.3 Å². The van der Waals surface area contributed by atoms with Crippen molar-refractivity contribution < 1.29 is 9.32 Å². The molecule has 0 saturated carbocycles. The number of carbonyl (C=O) groups excluding carboxylic acids is 1. The van der Waals surface area contributed by atoms with Gasteiger partial charge in [0.15, 0.2) is 5.82 Å². The standard InChI is InChI=1S/C15H21N5O2/c1-10(16-2)7-13-18-14(22-19-13)11-8-12(17-9-11)15(21)20-5-3-4-6-20/h8-10,16-17H,3-7H2,1-2H3. The van der Waals surface area contributed by atoms with Gasteiger partial charge >= 0.3 is 0 Å². The highest BCUT2D eigenvalue weighted by molar-refractivity contribution is 5.93. The van der Waals surface area contributed by atoms with Crippen molar-refractivity contribution in [3.8, 4) is 11.5 Å². The molecule has 0 aromatic carbocycles. The smallest absolute Gasteiger partial charge is 0.270 e. The van der Waals surface area contributed by atoms with E-state index in [1.807, 2.05) is 11.9 Å². The van der Waals surface area contributed by atoms with E-state index in [-0.39, 0.29) is 11.9 Å². The van der Waals surface area contributed by atoms with Gasteiger partial charge < -0.3 is 19.7 Å². The van der Waals surface area contributed by atoms with Crippen molar-refractivity contribution in [1.29, 1.82) is 0 Å². The number of carbonyl (C=O) groups is 1. The predicted molar refractivity (Wildman–Crippen MR) is 81.4 cm³/mol. The summed E-state index contributed by atoms with van der Waals surface area (Å²) >= 11 is 0. The van der Waals surface area contributed by atoms with Crippen LogP contribution in [-0.2, 0) is 6.42 Å². The van der Waals surface area contributed by atoms with E-state index < -0.39 is 0 Å². The topological polar surface area (TPSA) is 87.0 Å². The first-order valence-electron chi connectivity index (χ1n) is 7.65. The van der Waals surface area contributed by atoms with Gasteiger partial charge in [0.1, 0.15) is 5.69 Å². The number of H-pyrrole nitrogens is 1. The quantitative estimate of drug-likeness (QED) is 0.873. The SMILES string of the molecule is CNC(C)Cc1noc(-c2c[nH]c(C(=O)N3CCCC3)c2)n1. The van der Waals surface area contributed by atoms with Crippen molar-refractivity contribution >= 4 is 5.91 Å². The van der Waals surface area contributed by atoms with Gasteiger partial charge in [-0.15, -0.1) is 0 Å². The molecule has 118 valence electrons. The molecule has 1 saturated heterocycles. The average molecular weight is 303 g/mol. The lowest BCUT2D eigenvalue weighted by Crippen LogP contribution is -2.27. The van der Waals surface area contributed by atoms with E-state index in [9.17, 15) is 4.79 Å². The monoisotopic (exact) mass is 303 g/mol. The number of likely N-dealkylation sites (tertiary alicyclic amines) is 1. The molecule has 0 aliphatic carbocycles. The summed E-state index contributed by atoms with van der Waals surface area (Å²) in [5.41, 5.74) is 1.32. The fourth-order valence-corrected chi connectivity index (χ4v) is 2.56. The molecule has 1 amide bonds. The van der Waals surface area contributed by atoms with Crippen LogP contribution in [0.1, 0.15) is 36.1 Å². The zero-order valence-corrected chi connectivity index (χ0v) is 12.9. The molecule has 7 heteroatoms. The van der Waals surface area contributed by atoms with E-state index >= 15 is 0 Å². The van der Waals surface area contributed by atoms with Gasteiger partial charge in [-0.3, -0.25) is 4.79 Å². The first-order valence-corrected chi connectivity index (χ1v) is 7.65. The normalized spacial score (nSPS) is 16.2. The highest BCUT2D eigenvalue weighted by Crippen LogP contribution is 2.20. The van der Waals surface area contributed by atoms with Crippen LogP contribution in [-0.4, -0.2) is 52.1 Å². The fraction of sp³-hybridized carbons (Fsp3) is 0.533. The number of aromatic nitrogens is 3. The molecule has 3 heterocycles. The van der Waals surface area contributed by atoms with Gasteiger partial charge in [0.2, 0.25) is 0 Å². The summed E-state index contributed by atoms with van der Waals surface area (Å²) in [4.78, 5) is 21.6. The first-order chi connectivity index (χ1) is 10.7. The minimum absolute atomic E-state index is 0.0345. The minimum atomic E-state index is 0.0345. The first kappa shape index (κ1) is 14.8. The summed E-state index contributed by atoms with van der Waals surface area (Å²) < 4.78 is 5.28. The summed E-state index contributed by atoms with van der Waals surface area (Å²) in [6.45, 7) is 3.72. The van der Waals surface area contributed by atoms with Crippen molar-refractivity contribution in [2.45, 2.75) is 32.2 Å². The van der Waals surface area contributed by atoms with Gasteiger partial charge in [-0.1, -0.05) is 5.16 Å². The van der Waals surface area contributed by atoms with Gasteiger partial charge in [0.25, 0.3) is 11.8 Å². The van der Waals surface area contributed by atoms with Crippen molar-refractivity contribution in [3.63, 3.8) is 0 Å². The highest BCUT2D eigenvalue weighted by atomic mass is 16.5. The fourth-order valence-electron chi connectivity index (χ4n) is 2.56. The molecule has 1 aliphatic heterocycles. The number of hydrogen-bond acceptors (Lipinski definition) is 5. The van der Waals surface area contributed by atoms with E-state index in [0.29, 0.717) is 23.8 Å². The Morgan fingerprint density at radius 1 is 1.50 bits per heavy atom. The van der Waals surface area contributed by atoms with E-state index in [2.05, 4.69) is 27.4 Å². The average Bonchev–Trinajstić information content (AvgIpc) is 3.26. The maximum Gasteiger partial charge on any atom is 0.270 e. The largest absolute Gasteiger partial charge is 0.356 e. The van der Waals surface area contributed by atoms with Crippen LogP contribution in [0.4, 0.5) is 0 Å². The highest BCUT2D eigenvalue weighted by Gasteiger charge is 2.22. The number of rotatable bonds is 5. The molecule has 7 nitrogen and oxygen atoms in total. The molecule has 0 radical (unpaired) electrons. The number of amides is 1. The van der Waals surface area contributed by atoms with Gasteiger partial charge in [-0.25, -0.2) is 0 Å². The molecule has 1 unspecified atom stereocenters. The van der Waals surface area contributed by atoms with Crippen molar-refractivity contribution in [2.75, 3.05) is 20.1 Å². The molecule has 0 bridgehead atoms.